The zero-order valence-corrected chi connectivity index (χ0v) is 11.7. The molecule has 2 heterocycles. The van der Waals surface area contributed by atoms with Crippen molar-refractivity contribution in [3.8, 4) is 0 Å². The Morgan fingerprint density at radius 2 is 2.00 bits per heavy atom. The van der Waals surface area contributed by atoms with E-state index in [1.165, 1.54) is 0 Å². The topological polar surface area (TPSA) is 39.6 Å². The lowest BCUT2D eigenvalue weighted by atomic mass is 10.1. The third-order valence-electron chi connectivity index (χ3n) is 3.02. The number of rotatable bonds is 3. The Labute approximate surface area is 113 Å². The van der Waals surface area contributed by atoms with Crippen molar-refractivity contribution in [3.63, 3.8) is 0 Å². The number of aromatic nitrogens is 1. The number of hydrogen-bond donors (Lipinski definition) is 1. The second-order valence-corrected chi connectivity index (χ2v) is 5.79. The van der Waals surface area contributed by atoms with E-state index in [0.29, 0.717) is 11.6 Å². The molecule has 0 aromatic carbocycles. The fourth-order valence-corrected chi connectivity index (χ4v) is 2.52. The lowest BCUT2D eigenvalue weighted by Crippen LogP contribution is -2.50. The number of piperazine rings is 1. The van der Waals surface area contributed by atoms with E-state index in [1.54, 1.807) is 6.20 Å². The second kappa shape index (κ2) is 5.43. The lowest BCUT2D eigenvalue weighted by Gasteiger charge is -2.38. The van der Waals surface area contributed by atoms with Gasteiger partial charge in [0.2, 0.25) is 0 Å². The van der Waals surface area contributed by atoms with Crippen LogP contribution in [0.5, 0.6) is 0 Å². The summed E-state index contributed by atoms with van der Waals surface area (Å²) in [5.74, 6) is 0.863. The van der Waals surface area contributed by atoms with Crippen LogP contribution < -0.4 is 4.90 Å². The van der Waals surface area contributed by atoms with E-state index in [9.17, 15) is 5.11 Å². The molecule has 1 aromatic rings. The monoisotopic (exact) mass is 269 g/mol. The van der Waals surface area contributed by atoms with Gasteiger partial charge in [0.15, 0.2) is 0 Å². The third kappa shape index (κ3) is 3.57. The third-order valence-corrected chi connectivity index (χ3v) is 3.32. The van der Waals surface area contributed by atoms with Crippen LogP contribution in [-0.4, -0.2) is 53.3 Å². The van der Waals surface area contributed by atoms with Crippen molar-refractivity contribution in [2.45, 2.75) is 19.4 Å². The summed E-state index contributed by atoms with van der Waals surface area (Å²) in [6, 6.07) is 3.71. The van der Waals surface area contributed by atoms with E-state index in [2.05, 4.69) is 14.8 Å². The molecule has 0 bridgehead atoms. The first kappa shape index (κ1) is 13.6. The standard InChI is InChI=1S/C13H20ClN3O/c1-13(2,18)10-16-6-8-17(9-7-16)12-11(14)4-3-5-15-12/h3-5,18H,6-10H2,1-2H3. The molecule has 1 N–H and O–H groups in total. The average Bonchev–Trinajstić information content (AvgIpc) is 2.29. The summed E-state index contributed by atoms with van der Waals surface area (Å²) in [7, 11) is 0. The largest absolute Gasteiger partial charge is 0.389 e. The normalized spacial score (nSPS) is 18.1. The highest BCUT2D eigenvalue weighted by Crippen LogP contribution is 2.23. The maximum absolute atomic E-state index is 9.81. The number of β-amino-alcohol motifs (C(OH)–C–C–N with tert-alkyl or cyclic N) is 1. The van der Waals surface area contributed by atoms with E-state index in [-0.39, 0.29) is 0 Å². The van der Waals surface area contributed by atoms with E-state index in [0.717, 1.165) is 32.0 Å². The fraction of sp³-hybridized carbons (Fsp3) is 0.615. The molecule has 0 amide bonds. The maximum Gasteiger partial charge on any atom is 0.147 e. The van der Waals surface area contributed by atoms with Crippen LogP contribution in [0.4, 0.5) is 5.82 Å². The fourth-order valence-electron chi connectivity index (χ4n) is 2.28. The molecule has 1 saturated heterocycles. The molecule has 0 aliphatic carbocycles. The summed E-state index contributed by atoms with van der Waals surface area (Å²) in [5.41, 5.74) is -0.634. The number of anilines is 1. The molecule has 1 aliphatic heterocycles. The second-order valence-electron chi connectivity index (χ2n) is 5.38. The van der Waals surface area contributed by atoms with Gasteiger partial charge in [-0.3, -0.25) is 4.90 Å². The maximum atomic E-state index is 9.81. The summed E-state index contributed by atoms with van der Waals surface area (Å²) in [6.45, 7) is 8.04. The van der Waals surface area contributed by atoms with E-state index in [4.69, 9.17) is 11.6 Å². The van der Waals surface area contributed by atoms with Gasteiger partial charge in [-0.1, -0.05) is 11.6 Å². The van der Waals surface area contributed by atoms with Gasteiger partial charge in [0.1, 0.15) is 5.82 Å². The Morgan fingerprint density at radius 3 is 2.56 bits per heavy atom. The zero-order valence-electron chi connectivity index (χ0n) is 10.9. The molecule has 1 fully saturated rings. The van der Waals surface area contributed by atoms with Crippen molar-refractivity contribution in [2.75, 3.05) is 37.6 Å². The van der Waals surface area contributed by atoms with Crippen molar-refractivity contribution >= 4 is 17.4 Å². The van der Waals surface area contributed by atoms with Crippen LogP contribution in [0.15, 0.2) is 18.3 Å². The van der Waals surface area contributed by atoms with Crippen LogP contribution in [-0.2, 0) is 0 Å². The van der Waals surface area contributed by atoms with Gasteiger partial charge in [-0.25, -0.2) is 4.98 Å². The van der Waals surface area contributed by atoms with Crippen LogP contribution in [0.3, 0.4) is 0 Å². The van der Waals surface area contributed by atoms with Gasteiger partial charge in [0.05, 0.1) is 10.6 Å². The van der Waals surface area contributed by atoms with Gasteiger partial charge in [-0.05, 0) is 26.0 Å². The van der Waals surface area contributed by atoms with E-state index >= 15 is 0 Å². The summed E-state index contributed by atoms with van der Waals surface area (Å²) >= 11 is 6.14. The van der Waals surface area contributed by atoms with Crippen LogP contribution in [0.1, 0.15) is 13.8 Å². The van der Waals surface area contributed by atoms with Gasteiger partial charge in [-0.2, -0.15) is 0 Å². The summed E-state index contributed by atoms with van der Waals surface area (Å²) in [6.07, 6.45) is 1.77. The number of pyridine rings is 1. The first-order chi connectivity index (χ1) is 8.46. The minimum Gasteiger partial charge on any atom is -0.389 e. The predicted octanol–water partition coefficient (Wildman–Crippen LogP) is 1.63. The Kier molecular flexibility index (Phi) is 4.10. The highest BCUT2D eigenvalue weighted by molar-refractivity contribution is 6.32. The highest BCUT2D eigenvalue weighted by Gasteiger charge is 2.23. The van der Waals surface area contributed by atoms with Crippen LogP contribution in [0.2, 0.25) is 5.02 Å². The van der Waals surface area contributed by atoms with Gasteiger partial charge < -0.3 is 10.0 Å². The predicted molar refractivity (Wildman–Crippen MR) is 74.2 cm³/mol. The summed E-state index contributed by atoms with van der Waals surface area (Å²) in [5, 5.41) is 10.5. The quantitative estimate of drug-likeness (QED) is 0.905. The molecule has 0 radical (unpaired) electrons. The molecule has 1 aliphatic rings. The molecule has 0 saturated carbocycles. The molecular weight excluding hydrogens is 250 g/mol. The molecule has 4 nitrogen and oxygen atoms in total. The average molecular weight is 270 g/mol. The molecule has 1 aromatic heterocycles. The molecule has 18 heavy (non-hydrogen) atoms. The molecule has 0 unspecified atom stereocenters. The van der Waals surface area contributed by atoms with Crippen molar-refractivity contribution < 1.29 is 5.11 Å². The number of nitrogens with zero attached hydrogens (tertiary/aromatic N) is 3. The zero-order chi connectivity index (χ0) is 13.2. The minimum atomic E-state index is -0.634. The number of halogens is 1. The smallest absolute Gasteiger partial charge is 0.147 e. The van der Waals surface area contributed by atoms with Crippen LogP contribution >= 0.6 is 11.6 Å². The molecule has 5 heteroatoms. The van der Waals surface area contributed by atoms with Crippen molar-refractivity contribution in [1.82, 2.24) is 9.88 Å². The van der Waals surface area contributed by atoms with Gasteiger partial charge >= 0.3 is 0 Å². The highest BCUT2D eigenvalue weighted by atomic mass is 35.5. The SMILES string of the molecule is CC(C)(O)CN1CCN(c2ncccc2Cl)CC1. The first-order valence-corrected chi connectivity index (χ1v) is 6.64. The van der Waals surface area contributed by atoms with Crippen molar-refractivity contribution in [2.24, 2.45) is 0 Å². The number of hydrogen-bond acceptors (Lipinski definition) is 4. The van der Waals surface area contributed by atoms with E-state index in [1.807, 2.05) is 26.0 Å². The summed E-state index contributed by atoms with van der Waals surface area (Å²) in [4.78, 5) is 8.80. The minimum absolute atomic E-state index is 0.634. The molecule has 100 valence electrons. The molecule has 0 spiro atoms. The molecular formula is C13H20ClN3O. The van der Waals surface area contributed by atoms with Crippen LogP contribution in [0, 0.1) is 0 Å². The number of aliphatic hydroxyl groups is 1. The van der Waals surface area contributed by atoms with Gasteiger partial charge in [0, 0.05) is 38.9 Å². The summed E-state index contributed by atoms with van der Waals surface area (Å²) < 4.78 is 0. The Bertz CT molecular complexity index is 397. The van der Waals surface area contributed by atoms with Crippen LogP contribution in [0.25, 0.3) is 0 Å². The van der Waals surface area contributed by atoms with Gasteiger partial charge in [-0.15, -0.1) is 0 Å². The van der Waals surface area contributed by atoms with Gasteiger partial charge in [0.25, 0.3) is 0 Å². The lowest BCUT2D eigenvalue weighted by molar-refractivity contribution is 0.0344. The first-order valence-electron chi connectivity index (χ1n) is 6.26. The molecule has 2 rings (SSSR count). The Hall–Kier alpha value is -0.840. The Balaban J connectivity index is 1.93. The van der Waals surface area contributed by atoms with Crippen molar-refractivity contribution in [3.05, 3.63) is 23.4 Å². The van der Waals surface area contributed by atoms with E-state index < -0.39 is 5.60 Å². The Morgan fingerprint density at radius 1 is 1.33 bits per heavy atom. The molecule has 0 atom stereocenters. The van der Waals surface area contributed by atoms with Crippen molar-refractivity contribution in [1.29, 1.82) is 0 Å².